The molecule has 1 amide bonds. The van der Waals surface area contributed by atoms with E-state index in [1.165, 1.54) is 0 Å². The predicted molar refractivity (Wildman–Crippen MR) is 83.9 cm³/mol. The van der Waals surface area contributed by atoms with Crippen molar-refractivity contribution < 1.29 is 18.5 Å². The van der Waals surface area contributed by atoms with Gasteiger partial charge in [0, 0.05) is 11.3 Å². The number of carbonyl (C=O) groups is 1. The molecule has 0 aromatic heterocycles. The second-order valence-corrected chi connectivity index (χ2v) is 6.81. The summed E-state index contributed by atoms with van der Waals surface area (Å²) >= 11 is 0. The van der Waals surface area contributed by atoms with E-state index >= 15 is 0 Å². The van der Waals surface area contributed by atoms with Crippen molar-refractivity contribution in [1.29, 1.82) is 0 Å². The van der Waals surface area contributed by atoms with Crippen LogP contribution in [0.2, 0.25) is 0 Å². The number of hydrogen-bond donors (Lipinski definition) is 1. The molecular weight excluding hydrogens is 284 g/mol. The van der Waals surface area contributed by atoms with Gasteiger partial charge in [-0.1, -0.05) is 11.6 Å². The van der Waals surface area contributed by atoms with Crippen LogP contribution in [0.3, 0.4) is 0 Å². The van der Waals surface area contributed by atoms with Gasteiger partial charge >= 0.3 is 7.12 Å². The van der Waals surface area contributed by atoms with Crippen molar-refractivity contribution in [2.24, 2.45) is 0 Å². The van der Waals surface area contributed by atoms with Gasteiger partial charge in [0.25, 0.3) is 5.91 Å². The van der Waals surface area contributed by atoms with Gasteiger partial charge in [0.1, 0.15) is 5.73 Å². The van der Waals surface area contributed by atoms with Crippen molar-refractivity contribution in [3.63, 3.8) is 0 Å². The van der Waals surface area contributed by atoms with Gasteiger partial charge in [-0.15, -0.1) is 0 Å². The minimum Gasteiger partial charge on any atom is -0.398 e. The molecule has 1 aromatic rings. The monoisotopic (exact) mass is 303 g/mol. The third kappa shape index (κ3) is 2.18. The van der Waals surface area contributed by atoms with Gasteiger partial charge in [-0.2, -0.15) is 0 Å². The maximum absolute atomic E-state index is 14.9. The van der Waals surface area contributed by atoms with E-state index in [1.807, 2.05) is 40.7 Å². The fraction of sp³-hybridized carbons (Fsp3) is 0.438. The number of halogens is 1. The molecule has 0 radical (unpaired) electrons. The number of amides is 1. The molecule has 0 unspecified atom stereocenters. The van der Waals surface area contributed by atoms with Crippen molar-refractivity contribution in [1.82, 2.24) is 0 Å². The molecule has 0 spiro atoms. The van der Waals surface area contributed by atoms with E-state index in [9.17, 15) is 9.18 Å². The smallest absolute Gasteiger partial charge is 0.398 e. The Morgan fingerprint density at radius 1 is 1.18 bits per heavy atom. The Hall–Kier alpha value is -1.66. The molecule has 22 heavy (non-hydrogen) atoms. The Bertz CT molecular complexity index is 681. The highest BCUT2D eigenvalue weighted by Gasteiger charge is 2.54. The normalized spacial score (nSPS) is 24.3. The van der Waals surface area contributed by atoms with E-state index in [2.05, 4.69) is 5.32 Å². The van der Waals surface area contributed by atoms with Gasteiger partial charge in [-0.3, -0.25) is 4.79 Å². The van der Waals surface area contributed by atoms with Gasteiger partial charge in [-0.25, -0.2) is 4.39 Å². The lowest BCUT2D eigenvalue weighted by Gasteiger charge is -2.32. The molecule has 1 aromatic carbocycles. The lowest BCUT2D eigenvalue weighted by Crippen LogP contribution is -2.41. The second-order valence-electron chi connectivity index (χ2n) is 6.81. The van der Waals surface area contributed by atoms with E-state index in [-0.39, 0.29) is 5.57 Å². The highest BCUT2D eigenvalue weighted by molar-refractivity contribution is 6.58. The van der Waals surface area contributed by atoms with Crippen LogP contribution in [0.1, 0.15) is 38.8 Å². The van der Waals surface area contributed by atoms with Crippen LogP contribution in [-0.2, 0) is 14.1 Å². The summed E-state index contributed by atoms with van der Waals surface area (Å²) in [5.41, 5.74) is 0.127. The molecule has 0 aliphatic carbocycles. The third-order valence-corrected chi connectivity index (χ3v) is 4.62. The fourth-order valence-electron chi connectivity index (χ4n) is 2.58. The zero-order valence-electron chi connectivity index (χ0n) is 13.4. The molecule has 1 fully saturated rings. The summed E-state index contributed by atoms with van der Waals surface area (Å²) in [6.45, 7) is 9.28. The first-order chi connectivity index (χ1) is 10.1. The summed E-state index contributed by atoms with van der Waals surface area (Å²) in [7, 11) is -1.17. The molecule has 2 aliphatic rings. The summed E-state index contributed by atoms with van der Waals surface area (Å²) in [6.07, 6.45) is 0. The largest absolute Gasteiger partial charge is 0.526 e. The number of anilines is 1. The predicted octanol–water partition coefficient (Wildman–Crippen LogP) is 3.26. The van der Waals surface area contributed by atoms with E-state index in [4.69, 9.17) is 9.31 Å². The first kappa shape index (κ1) is 15.2. The maximum Gasteiger partial charge on any atom is 0.526 e. The number of hydrogen-bond acceptors (Lipinski definition) is 3. The molecule has 116 valence electrons. The molecule has 0 atom stereocenters. The second kappa shape index (κ2) is 4.67. The van der Waals surface area contributed by atoms with Gasteiger partial charge < -0.3 is 14.6 Å². The molecule has 1 N–H and O–H groups in total. The SMILES string of the molecule is Cc1ccc2c(c1)C(=C(F)B1OC(C)(C)C(C)(C)O1)C(=O)N2. The molecular formula is C16H19BFNO3. The minimum atomic E-state index is -1.17. The van der Waals surface area contributed by atoms with Gasteiger partial charge in [0.2, 0.25) is 0 Å². The van der Waals surface area contributed by atoms with Crippen LogP contribution >= 0.6 is 0 Å². The quantitative estimate of drug-likeness (QED) is 0.640. The first-order valence-corrected chi connectivity index (χ1v) is 7.30. The van der Waals surface area contributed by atoms with Crippen LogP contribution in [0.5, 0.6) is 0 Å². The van der Waals surface area contributed by atoms with E-state index < -0.39 is 30.0 Å². The van der Waals surface area contributed by atoms with Crippen molar-refractivity contribution >= 4 is 24.3 Å². The van der Waals surface area contributed by atoms with Crippen molar-refractivity contribution in [2.75, 3.05) is 5.32 Å². The Labute approximate surface area is 129 Å². The topological polar surface area (TPSA) is 47.6 Å². The molecule has 0 saturated carbocycles. The van der Waals surface area contributed by atoms with E-state index in [1.54, 1.807) is 12.1 Å². The zero-order chi connectivity index (χ0) is 16.3. The molecule has 6 heteroatoms. The Balaban J connectivity index is 2.05. The molecule has 1 saturated heterocycles. The Morgan fingerprint density at radius 3 is 2.36 bits per heavy atom. The molecule has 2 heterocycles. The number of carbonyl (C=O) groups excluding carboxylic acids is 1. The molecule has 2 aliphatic heterocycles. The number of nitrogens with one attached hydrogen (secondary N) is 1. The molecule has 3 rings (SSSR count). The highest BCUT2D eigenvalue weighted by Crippen LogP contribution is 2.42. The van der Waals surface area contributed by atoms with Crippen LogP contribution in [-0.4, -0.2) is 24.2 Å². The van der Waals surface area contributed by atoms with Gasteiger partial charge in [0.05, 0.1) is 16.8 Å². The standard InChI is InChI=1S/C16H19BFNO3/c1-9-6-7-11-10(8-9)12(14(20)19-11)13(18)17-21-15(2,3)16(4,5)22-17/h6-8H,1-5H3,(H,19,20). The van der Waals surface area contributed by atoms with Gasteiger partial charge in [0.15, 0.2) is 0 Å². The molecule has 0 bridgehead atoms. The van der Waals surface area contributed by atoms with Crippen LogP contribution in [0.4, 0.5) is 10.1 Å². The summed E-state index contributed by atoms with van der Waals surface area (Å²) < 4.78 is 26.3. The van der Waals surface area contributed by atoms with E-state index in [0.717, 1.165) is 5.56 Å². The van der Waals surface area contributed by atoms with Gasteiger partial charge in [-0.05, 0) is 46.8 Å². The molecule has 4 nitrogen and oxygen atoms in total. The van der Waals surface area contributed by atoms with Crippen LogP contribution in [0.15, 0.2) is 23.9 Å². The highest BCUT2D eigenvalue weighted by atomic mass is 19.1. The number of aryl methyl sites for hydroxylation is 1. The minimum absolute atomic E-state index is 0.00259. The summed E-state index contributed by atoms with van der Waals surface area (Å²) in [5, 5.41) is 2.67. The maximum atomic E-state index is 14.9. The lowest BCUT2D eigenvalue weighted by atomic mass is 9.83. The average Bonchev–Trinajstić information content (AvgIpc) is 2.82. The van der Waals surface area contributed by atoms with Crippen molar-refractivity contribution in [3.05, 3.63) is 35.1 Å². The van der Waals surface area contributed by atoms with Crippen LogP contribution in [0, 0.1) is 6.92 Å². The Kier molecular flexibility index (Phi) is 3.24. The van der Waals surface area contributed by atoms with Crippen LogP contribution in [0.25, 0.3) is 5.57 Å². The summed E-state index contributed by atoms with van der Waals surface area (Å²) in [6, 6.07) is 5.43. The zero-order valence-corrected chi connectivity index (χ0v) is 13.4. The van der Waals surface area contributed by atoms with Crippen molar-refractivity contribution in [3.8, 4) is 0 Å². The summed E-state index contributed by atoms with van der Waals surface area (Å²) in [5.74, 6) is -0.465. The number of fused-ring (bicyclic) bond motifs is 1. The summed E-state index contributed by atoms with van der Waals surface area (Å²) in [4.78, 5) is 12.1. The first-order valence-electron chi connectivity index (χ1n) is 7.30. The Morgan fingerprint density at radius 2 is 1.77 bits per heavy atom. The van der Waals surface area contributed by atoms with E-state index in [0.29, 0.717) is 11.3 Å². The van der Waals surface area contributed by atoms with Crippen molar-refractivity contribution in [2.45, 2.75) is 45.8 Å². The third-order valence-electron chi connectivity index (χ3n) is 4.62. The average molecular weight is 303 g/mol. The lowest BCUT2D eigenvalue weighted by molar-refractivity contribution is -0.110. The van der Waals surface area contributed by atoms with Crippen LogP contribution < -0.4 is 5.32 Å². The number of rotatable bonds is 1. The number of benzene rings is 1. The fourth-order valence-corrected chi connectivity index (χ4v) is 2.58.